The minimum atomic E-state index is -0.465. The fraction of sp³-hybridized carbons (Fsp3) is 0.0278. The van der Waals surface area contributed by atoms with Crippen molar-refractivity contribution in [3.05, 3.63) is 150 Å². The molecule has 0 unspecified atom stereocenters. The van der Waals surface area contributed by atoms with Crippen LogP contribution >= 0.6 is 0 Å². The number of hydrogen-bond donors (Lipinski definition) is 0. The predicted molar refractivity (Wildman–Crippen MR) is 162 cm³/mol. The van der Waals surface area contributed by atoms with Gasteiger partial charge in [-0.25, -0.2) is 25.1 Å². The van der Waals surface area contributed by atoms with Crippen LogP contribution in [0.5, 0.6) is 0 Å². The highest BCUT2D eigenvalue weighted by Crippen LogP contribution is 2.58. The lowest BCUT2D eigenvalue weighted by Gasteiger charge is -2.17. The molecule has 0 amide bonds. The Morgan fingerprint density at radius 3 is 1.53 bits per heavy atom. The highest BCUT2D eigenvalue weighted by molar-refractivity contribution is 6.31. The second-order valence-corrected chi connectivity index (χ2v) is 9.62. The van der Waals surface area contributed by atoms with Crippen molar-refractivity contribution in [3.63, 3.8) is 0 Å². The first kappa shape index (κ1) is 28.6. The van der Waals surface area contributed by atoms with Gasteiger partial charge < -0.3 is 0 Å². The lowest BCUT2D eigenvalue weighted by atomic mass is 9.83. The third-order valence-corrected chi connectivity index (χ3v) is 7.47. The second-order valence-electron chi connectivity index (χ2n) is 9.62. The fourth-order valence-electron chi connectivity index (χ4n) is 5.68. The number of hydrogen-bond acceptors (Lipinski definition) is 6. The molecule has 9 heteroatoms. The normalized spacial score (nSPS) is 14.5. The van der Waals surface area contributed by atoms with Gasteiger partial charge in [0.1, 0.15) is 12.1 Å². The van der Waals surface area contributed by atoms with Crippen LogP contribution in [0.2, 0.25) is 0 Å². The molecule has 0 heterocycles. The van der Waals surface area contributed by atoms with Crippen molar-refractivity contribution in [2.24, 2.45) is 0 Å². The summed E-state index contributed by atoms with van der Waals surface area (Å²) >= 11 is 0. The zero-order chi connectivity index (χ0) is 32.4. The maximum Gasteiger partial charge on any atom is 0.270 e. The van der Waals surface area contributed by atoms with Gasteiger partial charge in [-0.3, -0.25) is 0 Å². The Labute approximate surface area is 258 Å². The van der Waals surface area contributed by atoms with E-state index in [0.717, 1.165) is 5.56 Å². The molecule has 0 saturated heterocycles. The predicted octanol–water partition coefficient (Wildman–Crippen LogP) is 7.17. The Hall–Kier alpha value is -7.97. The Balaban J connectivity index is 2.10. The van der Waals surface area contributed by atoms with Crippen LogP contribution < -0.4 is 0 Å². The van der Waals surface area contributed by atoms with Crippen molar-refractivity contribution < 1.29 is 0 Å². The summed E-state index contributed by atoms with van der Waals surface area (Å²) in [5.41, 5.74) is 0.608. The van der Waals surface area contributed by atoms with Gasteiger partial charge in [0, 0.05) is 22.3 Å². The first-order valence-corrected chi connectivity index (χ1v) is 12.8. The summed E-state index contributed by atoms with van der Waals surface area (Å²) in [6, 6.07) is 25.0. The van der Waals surface area contributed by atoms with Crippen LogP contribution in [0.25, 0.3) is 48.1 Å². The molecule has 0 bridgehead atoms. The average molecular weight is 570 g/mol. The van der Waals surface area contributed by atoms with Gasteiger partial charge in [0.25, 0.3) is 11.4 Å². The summed E-state index contributed by atoms with van der Waals surface area (Å²) in [5, 5.41) is 61.3. The van der Waals surface area contributed by atoms with E-state index < -0.39 is 11.4 Å². The van der Waals surface area contributed by atoms with E-state index >= 15 is 0 Å². The molecule has 3 aromatic rings. The van der Waals surface area contributed by atoms with Crippen LogP contribution in [0.4, 0.5) is 0 Å². The number of allylic oxidation sites excluding steroid dienone is 7. The van der Waals surface area contributed by atoms with Gasteiger partial charge in [-0.05, 0) is 52.5 Å². The summed E-state index contributed by atoms with van der Waals surface area (Å²) in [6.07, 6.45) is 0. The maximum atomic E-state index is 10.7. The van der Waals surface area contributed by atoms with E-state index in [0.29, 0.717) is 16.7 Å². The van der Waals surface area contributed by atoms with E-state index in [1.54, 1.807) is 24.3 Å². The molecule has 0 radical (unpaired) electrons. The third kappa shape index (κ3) is 4.01. The van der Waals surface area contributed by atoms with E-state index in [4.69, 9.17) is 19.7 Å². The van der Waals surface area contributed by atoms with Crippen molar-refractivity contribution >= 4 is 33.6 Å². The maximum absolute atomic E-state index is 10.7. The molecule has 2 aliphatic rings. The molecule has 3 aromatic carbocycles. The first-order chi connectivity index (χ1) is 21.9. The van der Waals surface area contributed by atoms with Crippen molar-refractivity contribution in [2.75, 3.05) is 0 Å². The van der Waals surface area contributed by atoms with Crippen molar-refractivity contribution in [1.82, 2.24) is 0 Å². The van der Waals surface area contributed by atoms with Gasteiger partial charge in [-0.2, -0.15) is 21.0 Å². The van der Waals surface area contributed by atoms with Gasteiger partial charge in [0.2, 0.25) is 5.70 Å². The lowest BCUT2D eigenvalue weighted by Crippen LogP contribution is -2.04. The van der Waals surface area contributed by atoms with E-state index in [2.05, 4.69) is 32.7 Å². The summed E-state index contributed by atoms with van der Waals surface area (Å²) in [7, 11) is 0. The fourth-order valence-corrected chi connectivity index (χ4v) is 5.68. The molecule has 0 N–H and O–H groups in total. The van der Waals surface area contributed by atoms with Gasteiger partial charge >= 0.3 is 0 Å². The Morgan fingerprint density at radius 1 is 0.578 bits per heavy atom. The molecule has 0 spiro atoms. The zero-order valence-corrected chi connectivity index (χ0v) is 23.1. The SMILES string of the molecule is [C-]#[N+]C1=C(c2ccc(C)cc2)/C(=C(/C#N)[N+]#[C-])c2c(C#N)c3c(c(C#N)c21)C(C#N)=C(c1ccc(C#N)cc1)/C3=C(\C#N)[N+]#[C-]. The molecular formula is C36H11N9. The van der Waals surface area contributed by atoms with Gasteiger partial charge in [-0.1, -0.05) is 42.0 Å². The standard InChI is InChI=1S/C36H11N9/c1-19-5-9-22(10-6-19)29-35(27(18-42)44-3)32-25(16-40)31-30(24(15-39)33(32)36(29)45-4)23(14-38)28(34(31)26(17-41)43-2)21-11-7-20(13-37)8-12-21/h5-12H,1H3/b34-26-,35-27+. The van der Waals surface area contributed by atoms with Crippen molar-refractivity contribution in [2.45, 2.75) is 6.92 Å². The second kappa shape index (κ2) is 11.1. The topological polar surface area (TPSA) is 156 Å². The average Bonchev–Trinajstić information content (AvgIpc) is 3.59. The Morgan fingerprint density at radius 2 is 1.07 bits per heavy atom. The van der Waals surface area contributed by atoms with Crippen LogP contribution in [0.3, 0.4) is 0 Å². The van der Waals surface area contributed by atoms with Crippen LogP contribution in [-0.2, 0) is 0 Å². The van der Waals surface area contributed by atoms with Gasteiger partial charge in [-0.15, -0.1) is 0 Å². The number of benzene rings is 3. The molecule has 200 valence electrons. The number of nitrogens with zero attached hydrogens (tertiary/aromatic N) is 9. The van der Waals surface area contributed by atoms with E-state index in [9.17, 15) is 31.6 Å². The molecule has 0 aliphatic heterocycles. The quantitative estimate of drug-likeness (QED) is 0.235. The Bertz CT molecular complexity index is 2410. The molecule has 0 atom stereocenters. The van der Waals surface area contributed by atoms with E-state index in [-0.39, 0.29) is 66.9 Å². The highest BCUT2D eigenvalue weighted by Gasteiger charge is 2.43. The smallest absolute Gasteiger partial charge is 0.237 e. The Kier molecular flexibility index (Phi) is 7.06. The van der Waals surface area contributed by atoms with Crippen LogP contribution in [0, 0.1) is 94.6 Å². The minimum Gasteiger partial charge on any atom is -0.237 e. The summed E-state index contributed by atoms with van der Waals surface area (Å²) < 4.78 is 0. The molecule has 2 aliphatic carbocycles. The molecule has 9 nitrogen and oxygen atoms in total. The largest absolute Gasteiger partial charge is 0.270 e. The molecule has 5 rings (SSSR count). The molecule has 0 aromatic heterocycles. The molecule has 0 fully saturated rings. The third-order valence-electron chi connectivity index (χ3n) is 7.47. The summed E-state index contributed by atoms with van der Waals surface area (Å²) in [5.74, 6) is 0. The monoisotopic (exact) mass is 569 g/mol. The lowest BCUT2D eigenvalue weighted by molar-refractivity contribution is 1.38. The molecule has 45 heavy (non-hydrogen) atoms. The minimum absolute atomic E-state index is 0.0146. The number of aryl methyl sites for hydroxylation is 1. The number of rotatable bonds is 2. The zero-order valence-electron chi connectivity index (χ0n) is 23.1. The molecule has 0 saturated carbocycles. The van der Waals surface area contributed by atoms with Gasteiger partial charge in [0.05, 0.1) is 66.3 Å². The van der Waals surface area contributed by atoms with Gasteiger partial charge in [0.15, 0.2) is 0 Å². The first-order valence-electron chi connectivity index (χ1n) is 12.8. The van der Waals surface area contributed by atoms with Crippen LogP contribution in [-0.4, -0.2) is 0 Å². The molecular weight excluding hydrogens is 558 g/mol. The van der Waals surface area contributed by atoms with E-state index in [1.165, 1.54) is 24.3 Å². The summed E-state index contributed by atoms with van der Waals surface area (Å²) in [6.45, 7) is 25.6. The number of nitriles is 6. The van der Waals surface area contributed by atoms with Crippen LogP contribution in [0.15, 0.2) is 59.9 Å². The summed E-state index contributed by atoms with van der Waals surface area (Å²) in [4.78, 5) is 10.5. The van der Waals surface area contributed by atoms with E-state index in [1.807, 2.05) is 25.1 Å². The highest BCUT2D eigenvalue weighted by atomic mass is 14.7. The van der Waals surface area contributed by atoms with Crippen LogP contribution in [0.1, 0.15) is 55.6 Å². The van der Waals surface area contributed by atoms with Crippen molar-refractivity contribution in [1.29, 1.82) is 31.6 Å². The van der Waals surface area contributed by atoms with Crippen molar-refractivity contribution in [3.8, 4) is 36.4 Å². The number of fused-ring (bicyclic) bond motifs is 2.